The summed E-state index contributed by atoms with van der Waals surface area (Å²) in [6, 6.07) is 1.00. The number of likely N-dealkylation sites (tertiary alicyclic amines) is 1. The van der Waals surface area contributed by atoms with Gasteiger partial charge < -0.3 is 10.1 Å². The van der Waals surface area contributed by atoms with Crippen molar-refractivity contribution in [3.05, 3.63) is 0 Å². The second kappa shape index (κ2) is 5.15. The zero-order chi connectivity index (χ0) is 11.5. The highest BCUT2D eigenvalue weighted by atomic mass is 16.5. The van der Waals surface area contributed by atoms with Gasteiger partial charge in [-0.3, -0.25) is 9.69 Å². The Morgan fingerprint density at radius 2 is 2.25 bits per heavy atom. The van der Waals surface area contributed by atoms with Crippen LogP contribution in [0, 0.1) is 5.92 Å². The minimum Gasteiger partial charge on any atom is -0.469 e. The van der Waals surface area contributed by atoms with Gasteiger partial charge in [0, 0.05) is 18.6 Å². The van der Waals surface area contributed by atoms with Gasteiger partial charge in [-0.25, -0.2) is 0 Å². The maximum absolute atomic E-state index is 11.8. The number of nitrogens with one attached hydrogen (secondary N) is 1. The van der Waals surface area contributed by atoms with Gasteiger partial charge in [0.05, 0.1) is 13.0 Å². The highest BCUT2D eigenvalue weighted by molar-refractivity contribution is 5.73. The molecule has 2 aliphatic heterocycles. The molecule has 2 saturated heterocycles. The first kappa shape index (κ1) is 11.9. The summed E-state index contributed by atoms with van der Waals surface area (Å²) in [4.78, 5) is 14.3. The van der Waals surface area contributed by atoms with Crippen LogP contribution < -0.4 is 5.32 Å². The lowest BCUT2D eigenvalue weighted by molar-refractivity contribution is -0.148. The Morgan fingerprint density at radius 1 is 1.44 bits per heavy atom. The number of hydrogen-bond acceptors (Lipinski definition) is 4. The van der Waals surface area contributed by atoms with Crippen molar-refractivity contribution in [2.45, 2.75) is 38.3 Å². The molecule has 0 aromatic rings. The third-order valence-corrected chi connectivity index (χ3v) is 3.98. The van der Waals surface area contributed by atoms with Gasteiger partial charge in [-0.2, -0.15) is 0 Å². The van der Waals surface area contributed by atoms with Crippen LogP contribution in [0.25, 0.3) is 0 Å². The van der Waals surface area contributed by atoms with Crippen LogP contribution in [0.5, 0.6) is 0 Å². The molecule has 92 valence electrons. The number of ether oxygens (including phenoxy) is 1. The maximum Gasteiger partial charge on any atom is 0.311 e. The van der Waals surface area contributed by atoms with E-state index in [-0.39, 0.29) is 11.9 Å². The van der Waals surface area contributed by atoms with Crippen LogP contribution in [0.1, 0.15) is 26.2 Å². The molecule has 0 radical (unpaired) electrons. The van der Waals surface area contributed by atoms with E-state index >= 15 is 0 Å². The Labute approximate surface area is 97.3 Å². The summed E-state index contributed by atoms with van der Waals surface area (Å²) in [7, 11) is 1.49. The molecule has 0 spiro atoms. The summed E-state index contributed by atoms with van der Waals surface area (Å²) < 4.78 is 4.91. The largest absolute Gasteiger partial charge is 0.469 e. The van der Waals surface area contributed by atoms with Gasteiger partial charge in [0.15, 0.2) is 0 Å². The van der Waals surface area contributed by atoms with Crippen LogP contribution in [0.4, 0.5) is 0 Å². The van der Waals surface area contributed by atoms with E-state index in [0.717, 1.165) is 26.1 Å². The molecular formula is C12H22N2O2. The molecule has 16 heavy (non-hydrogen) atoms. The van der Waals surface area contributed by atoms with Crippen molar-refractivity contribution in [1.29, 1.82) is 0 Å². The Hall–Kier alpha value is -0.610. The molecule has 0 aromatic carbocycles. The number of nitrogens with zero attached hydrogens (tertiary/aromatic N) is 1. The van der Waals surface area contributed by atoms with Gasteiger partial charge in [0.1, 0.15) is 0 Å². The zero-order valence-corrected chi connectivity index (χ0v) is 10.2. The lowest BCUT2D eigenvalue weighted by atomic mass is 9.91. The van der Waals surface area contributed by atoms with Crippen molar-refractivity contribution in [1.82, 2.24) is 10.2 Å². The fourth-order valence-electron chi connectivity index (χ4n) is 3.08. The van der Waals surface area contributed by atoms with Crippen molar-refractivity contribution in [2.24, 2.45) is 5.92 Å². The summed E-state index contributed by atoms with van der Waals surface area (Å²) in [5.41, 5.74) is 0. The van der Waals surface area contributed by atoms with E-state index in [1.54, 1.807) is 0 Å². The quantitative estimate of drug-likeness (QED) is 0.701. The second-order valence-electron chi connectivity index (χ2n) is 4.92. The van der Waals surface area contributed by atoms with Crippen LogP contribution >= 0.6 is 0 Å². The maximum atomic E-state index is 11.8. The standard InChI is InChI=1S/C12H22N2O2/c1-9-4-3-7-14(9)11-5-6-13-8-10(11)12(15)16-2/h9-11,13H,3-8H2,1-2H3/t9-,10?,11?/m1/s1. The fraction of sp³-hybridized carbons (Fsp3) is 0.917. The van der Waals surface area contributed by atoms with E-state index in [9.17, 15) is 4.79 Å². The molecule has 2 heterocycles. The number of carbonyl (C=O) groups is 1. The van der Waals surface area contributed by atoms with Crippen molar-refractivity contribution in [3.63, 3.8) is 0 Å². The molecule has 4 heteroatoms. The molecule has 4 nitrogen and oxygen atoms in total. The zero-order valence-electron chi connectivity index (χ0n) is 10.2. The third kappa shape index (κ3) is 2.23. The molecule has 1 N–H and O–H groups in total. The molecule has 0 saturated carbocycles. The predicted molar refractivity (Wildman–Crippen MR) is 62.2 cm³/mol. The van der Waals surface area contributed by atoms with E-state index in [2.05, 4.69) is 17.1 Å². The molecule has 2 rings (SSSR count). The van der Waals surface area contributed by atoms with Crippen LogP contribution in [-0.2, 0) is 9.53 Å². The number of piperidine rings is 1. The first-order chi connectivity index (χ1) is 7.74. The van der Waals surface area contributed by atoms with Gasteiger partial charge in [0.2, 0.25) is 0 Å². The SMILES string of the molecule is COC(=O)C1CNCCC1N1CCC[C@H]1C. The Morgan fingerprint density at radius 3 is 2.88 bits per heavy atom. The fourth-order valence-corrected chi connectivity index (χ4v) is 3.08. The van der Waals surface area contributed by atoms with E-state index in [1.807, 2.05) is 0 Å². The molecule has 0 aliphatic carbocycles. The van der Waals surface area contributed by atoms with Crippen molar-refractivity contribution >= 4 is 5.97 Å². The van der Waals surface area contributed by atoms with Crippen LogP contribution in [-0.4, -0.2) is 49.7 Å². The predicted octanol–water partition coefficient (Wildman–Crippen LogP) is 0.622. The molecule has 2 fully saturated rings. The molecule has 0 bridgehead atoms. The normalized spacial score (nSPS) is 36.2. The minimum atomic E-state index is -0.0590. The van der Waals surface area contributed by atoms with Crippen molar-refractivity contribution in [2.75, 3.05) is 26.7 Å². The minimum absolute atomic E-state index is 0.0132. The molecular weight excluding hydrogens is 204 g/mol. The Bertz CT molecular complexity index is 257. The number of rotatable bonds is 2. The highest BCUT2D eigenvalue weighted by Gasteiger charge is 2.38. The molecule has 2 unspecified atom stereocenters. The number of carbonyl (C=O) groups excluding carboxylic acids is 1. The Kier molecular flexibility index (Phi) is 3.82. The van der Waals surface area contributed by atoms with E-state index in [0.29, 0.717) is 12.1 Å². The highest BCUT2D eigenvalue weighted by Crippen LogP contribution is 2.27. The third-order valence-electron chi connectivity index (χ3n) is 3.98. The van der Waals surface area contributed by atoms with Crippen molar-refractivity contribution < 1.29 is 9.53 Å². The average Bonchev–Trinajstić information content (AvgIpc) is 2.74. The summed E-state index contributed by atoms with van der Waals surface area (Å²) in [6.45, 7) is 5.19. The van der Waals surface area contributed by atoms with Crippen LogP contribution in [0.3, 0.4) is 0 Å². The summed E-state index contributed by atoms with van der Waals surface area (Å²) in [5.74, 6) is -0.0457. The second-order valence-corrected chi connectivity index (χ2v) is 4.92. The monoisotopic (exact) mass is 226 g/mol. The smallest absolute Gasteiger partial charge is 0.311 e. The molecule has 3 atom stereocenters. The van der Waals surface area contributed by atoms with Gasteiger partial charge in [-0.05, 0) is 39.3 Å². The van der Waals surface area contributed by atoms with Gasteiger partial charge in [-0.1, -0.05) is 0 Å². The van der Waals surface area contributed by atoms with Gasteiger partial charge >= 0.3 is 5.97 Å². The van der Waals surface area contributed by atoms with E-state index in [1.165, 1.54) is 20.0 Å². The summed E-state index contributed by atoms with van der Waals surface area (Å²) >= 11 is 0. The van der Waals surface area contributed by atoms with Crippen molar-refractivity contribution in [3.8, 4) is 0 Å². The lowest BCUT2D eigenvalue weighted by Crippen LogP contribution is -2.53. The number of methoxy groups -OCH3 is 1. The van der Waals surface area contributed by atoms with Crippen LogP contribution in [0.15, 0.2) is 0 Å². The first-order valence-corrected chi connectivity index (χ1v) is 6.28. The number of esters is 1. The van der Waals surface area contributed by atoms with E-state index in [4.69, 9.17) is 4.74 Å². The van der Waals surface area contributed by atoms with Gasteiger partial charge in [-0.15, -0.1) is 0 Å². The van der Waals surface area contributed by atoms with E-state index < -0.39 is 0 Å². The molecule has 2 aliphatic rings. The van der Waals surface area contributed by atoms with Gasteiger partial charge in [0.25, 0.3) is 0 Å². The summed E-state index contributed by atoms with van der Waals surface area (Å²) in [5, 5.41) is 3.29. The summed E-state index contributed by atoms with van der Waals surface area (Å²) in [6.07, 6.45) is 3.58. The topological polar surface area (TPSA) is 41.6 Å². The Balaban J connectivity index is 2.06. The first-order valence-electron chi connectivity index (χ1n) is 6.28. The number of hydrogen-bond donors (Lipinski definition) is 1. The lowest BCUT2D eigenvalue weighted by Gasteiger charge is -2.39. The molecule has 0 aromatic heterocycles. The van der Waals surface area contributed by atoms with Crippen LogP contribution in [0.2, 0.25) is 0 Å². The molecule has 0 amide bonds. The average molecular weight is 226 g/mol.